The minimum absolute atomic E-state index is 1.24. The third-order valence-electron chi connectivity index (χ3n) is 9.99. The van der Waals surface area contributed by atoms with Gasteiger partial charge in [0.15, 0.2) is 0 Å². The van der Waals surface area contributed by atoms with Crippen LogP contribution in [0.1, 0.15) is 0 Å². The molecule has 0 bridgehead atoms. The Hall–Kier alpha value is -5.98. The van der Waals surface area contributed by atoms with E-state index >= 15 is 0 Å². The third-order valence-corrected chi connectivity index (χ3v) is 9.99. The number of rotatable bonds is 2. The largest absolute Gasteiger partial charge is 0.0622 e. The molecule has 0 amide bonds. The normalized spacial score (nSPS) is 11.9. The van der Waals surface area contributed by atoms with Crippen molar-refractivity contribution in [2.75, 3.05) is 0 Å². The molecule has 0 heterocycles. The summed E-state index contributed by atoms with van der Waals surface area (Å²) in [5, 5.41) is 18.2. The number of benzene rings is 10. The summed E-state index contributed by atoms with van der Waals surface area (Å²) >= 11 is 0. The SMILES string of the molecule is c1ccc(-c2c3ccccc3c(-c3ccc4c5ccccc5c5c6ccccc6c6ccccc6c5c4c3)c3ccccc23)cc1. The molecular formula is C46H28. The summed E-state index contributed by atoms with van der Waals surface area (Å²) in [5.41, 5.74) is 5.08. The average Bonchev–Trinajstić information content (AvgIpc) is 3.13. The van der Waals surface area contributed by atoms with E-state index in [-0.39, 0.29) is 0 Å². The highest BCUT2D eigenvalue weighted by Crippen LogP contribution is 2.47. The van der Waals surface area contributed by atoms with Gasteiger partial charge in [0.2, 0.25) is 0 Å². The molecule has 0 aromatic heterocycles. The maximum atomic E-state index is 2.47. The quantitative estimate of drug-likeness (QED) is 0.141. The summed E-state index contributed by atoms with van der Waals surface area (Å²) in [6.07, 6.45) is 0. The molecule has 0 aliphatic carbocycles. The van der Waals surface area contributed by atoms with Gasteiger partial charge in [0.05, 0.1) is 0 Å². The van der Waals surface area contributed by atoms with Gasteiger partial charge in [-0.2, -0.15) is 0 Å². The predicted molar refractivity (Wildman–Crippen MR) is 200 cm³/mol. The summed E-state index contributed by atoms with van der Waals surface area (Å²) in [6.45, 7) is 0. The molecule has 0 saturated carbocycles. The highest BCUT2D eigenvalue weighted by Gasteiger charge is 2.19. The Balaban J connectivity index is 1.42. The maximum Gasteiger partial charge on any atom is -0.00137 e. The van der Waals surface area contributed by atoms with Gasteiger partial charge in [0.25, 0.3) is 0 Å². The molecule has 0 atom stereocenters. The van der Waals surface area contributed by atoms with Crippen LogP contribution in [0.2, 0.25) is 0 Å². The fraction of sp³-hybridized carbons (Fsp3) is 0. The highest BCUT2D eigenvalue weighted by atomic mass is 14.2. The van der Waals surface area contributed by atoms with Crippen molar-refractivity contribution in [2.45, 2.75) is 0 Å². The van der Waals surface area contributed by atoms with E-state index < -0.39 is 0 Å². The molecule has 0 heteroatoms. The van der Waals surface area contributed by atoms with Gasteiger partial charge in [-0.1, -0.05) is 164 Å². The van der Waals surface area contributed by atoms with Crippen molar-refractivity contribution in [3.05, 3.63) is 170 Å². The van der Waals surface area contributed by atoms with Crippen molar-refractivity contribution < 1.29 is 0 Å². The van der Waals surface area contributed by atoms with Crippen LogP contribution in [-0.4, -0.2) is 0 Å². The second-order valence-electron chi connectivity index (χ2n) is 12.4. The van der Waals surface area contributed by atoms with E-state index in [0.29, 0.717) is 0 Å². The smallest absolute Gasteiger partial charge is 0.00137 e. The van der Waals surface area contributed by atoms with Crippen LogP contribution < -0.4 is 0 Å². The minimum Gasteiger partial charge on any atom is -0.0622 e. The zero-order valence-electron chi connectivity index (χ0n) is 25.2. The first-order valence-corrected chi connectivity index (χ1v) is 16.0. The molecule has 0 radical (unpaired) electrons. The Kier molecular flexibility index (Phi) is 5.38. The molecule has 46 heavy (non-hydrogen) atoms. The molecule has 0 aliphatic heterocycles. The lowest BCUT2D eigenvalue weighted by Crippen LogP contribution is -1.92. The van der Waals surface area contributed by atoms with Gasteiger partial charge >= 0.3 is 0 Å². The van der Waals surface area contributed by atoms with Gasteiger partial charge in [0, 0.05) is 0 Å². The summed E-state index contributed by atoms with van der Waals surface area (Å²) < 4.78 is 0. The van der Waals surface area contributed by atoms with Crippen LogP contribution in [-0.2, 0) is 0 Å². The van der Waals surface area contributed by atoms with Gasteiger partial charge in [-0.05, 0) is 104 Å². The summed E-state index contributed by atoms with van der Waals surface area (Å²) in [7, 11) is 0. The Morgan fingerprint density at radius 2 is 0.522 bits per heavy atom. The molecule has 10 aromatic rings. The number of fused-ring (bicyclic) bond motifs is 13. The Bertz CT molecular complexity index is 2770. The fourth-order valence-electron chi connectivity index (χ4n) is 8.13. The minimum atomic E-state index is 1.24. The molecule has 0 N–H and O–H groups in total. The Morgan fingerprint density at radius 3 is 0.978 bits per heavy atom. The molecule has 10 rings (SSSR count). The predicted octanol–water partition coefficient (Wildman–Crippen LogP) is 13.1. The van der Waals surface area contributed by atoms with Crippen molar-refractivity contribution in [1.29, 1.82) is 0 Å². The second-order valence-corrected chi connectivity index (χ2v) is 12.4. The summed E-state index contributed by atoms with van der Waals surface area (Å²) in [5.74, 6) is 0. The summed E-state index contributed by atoms with van der Waals surface area (Å²) in [6, 6.07) is 62.7. The first-order chi connectivity index (χ1) is 22.9. The topological polar surface area (TPSA) is 0 Å². The van der Waals surface area contributed by atoms with E-state index in [4.69, 9.17) is 0 Å². The lowest BCUT2D eigenvalue weighted by molar-refractivity contribution is 1.66. The van der Waals surface area contributed by atoms with Crippen molar-refractivity contribution in [3.63, 3.8) is 0 Å². The van der Waals surface area contributed by atoms with Crippen LogP contribution in [0.5, 0.6) is 0 Å². The second kappa shape index (κ2) is 9.76. The van der Waals surface area contributed by atoms with Crippen LogP contribution >= 0.6 is 0 Å². The average molecular weight is 581 g/mol. The fourth-order valence-corrected chi connectivity index (χ4v) is 8.13. The molecule has 10 aromatic carbocycles. The van der Waals surface area contributed by atoms with E-state index in [9.17, 15) is 0 Å². The van der Waals surface area contributed by atoms with Crippen LogP contribution in [0.25, 0.3) is 97.7 Å². The van der Waals surface area contributed by atoms with Crippen LogP contribution in [0.4, 0.5) is 0 Å². The molecule has 0 unspecified atom stereocenters. The molecular weight excluding hydrogens is 553 g/mol. The number of hydrogen-bond acceptors (Lipinski definition) is 0. The first-order valence-electron chi connectivity index (χ1n) is 16.0. The maximum absolute atomic E-state index is 2.47. The third kappa shape index (κ3) is 3.50. The monoisotopic (exact) mass is 580 g/mol. The van der Waals surface area contributed by atoms with Gasteiger partial charge in [-0.3, -0.25) is 0 Å². The van der Waals surface area contributed by atoms with Crippen molar-refractivity contribution >= 4 is 75.4 Å². The molecule has 0 spiro atoms. The number of hydrogen-bond donors (Lipinski definition) is 0. The van der Waals surface area contributed by atoms with Crippen molar-refractivity contribution in [3.8, 4) is 22.3 Å². The molecule has 0 nitrogen and oxygen atoms in total. The zero-order chi connectivity index (χ0) is 30.2. The molecule has 0 fully saturated rings. The van der Waals surface area contributed by atoms with Crippen LogP contribution in [0.3, 0.4) is 0 Å². The molecule has 0 aliphatic rings. The van der Waals surface area contributed by atoms with E-state index in [1.54, 1.807) is 0 Å². The van der Waals surface area contributed by atoms with E-state index in [2.05, 4.69) is 170 Å². The van der Waals surface area contributed by atoms with Crippen LogP contribution in [0.15, 0.2) is 170 Å². The van der Waals surface area contributed by atoms with Gasteiger partial charge in [-0.15, -0.1) is 0 Å². The van der Waals surface area contributed by atoms with Gasteiger partial charge in [0.1, 0.15) is 0 Å². The van der Waals surface area contributed by atoms with E-state index in [1.807, 2.05) is 0 Å². The lowest BCUT2D eigenvalue weighted by atomic mass is 9.84. The molecule has 212 valence electrons. The van der Waals surface area contributed by atoms with Crippen molar-refractivity contribution in [1.82, 2.24) is 0 Å². The Morgan fingerprint density at radius 1 is 0.196 bits per heavy atom. The molecule has 0 saturated heterocycles. The lowest BCUT2D eigenvalue weighted by Gasteiger charge is -2.19. The summed E-state index contributed by atoms with van der Waals surface area (Å²) in [4.78, 5) is 0. The van der Waals surface area contributed by atoms with E-state index in [1.165, 1.54) is 97.7 Å². The van der Waals surface area contributed by atoms with Crippen LogP contribution in [0, 0.1) is 0 Å². The standard InChI is InChI=1S/C46H28/c1-2-14-29(15-3-1)43-38-22-10-12-24-40(38)44(41-25-13-11-23-39(41)43)30-26-27-34-33-18-6-8-20-36(33)45-35-19-7-4-16-31(35)32-17-5-9-21-37(32)46(45)42(34)28-30/h1-28H. The van der Waals surface area contributed by atoms with Gasteiger partial charge < -0.3 is 0 Å². The Labute approximate surface area is 266 Å². The van der Waals surface area contributed by atoms with Crippen molar-refractivity contribution in [2.24, 2.45) is 0 Å². The zero-order valence-corrected chi connectivity index (χ0v) is 25.2. The van der Waals surface area contributed by atoms with E-state index in [0.717, 1.165) is 0 Å². The highest BCUT2D eigenvalue weighted by molar-refractivity contribution is 6.39. The first kappa shape index (κ1) is 25.4. The van der Waals surface area contributed by atoms with Gasteiger partial charge in [-0.25, -0.2) is 0 Å².